The highest BCUT2D eigenvalue weighted by Gasteiger charge is 2.41. The van der Waals surface area contributed by atoms with Gasteiger partial charge in [-0.25, -0.2) is 0 Å². The number of hydrogen-bond donors (Lipinski definition) is 0. The topological polar surface area (TPSA) is 103 Å². The van der Waals surface area contributed by atoms with E-state index in [1.807, 2.05) is 6.07 Å². The Hall–Kier alpha value is -3.21. The van der Waals surface area contributed by atoms with Gasteiger partial charge in [0.15, 0.2) is 0 Å². The van der Waals surface area contributed by atoms with E-state index in [0.29, 0.717) is 43.6 Å². The van der Waals surface area contributed by atoms with Crippen molar-refractivity contribution in [1.82, 2.24) is 9.80 Å². The van der Waals surface area contributed by atoms with Crippen molar-refractivity contribution in [2.24, 2.45) is 4.99 Å². The van der Waals surface area contributed by atoms with Crippen molar-refractivity contribution in [2.45, 2.75) is 31.7 Å². The molecule has 2 heterocycles. The van der Waals surface area contributed by atoms with Crippen molar-refractivity contribution in [1.29, 1.82) is 5.26 Å². The van der Waals surface area contributed by atoms with Gasteiger partial charge in [-0.05, 0) is 44.0 Å². The van der Waals surface area contributed by atoms with Crippen LogP contribution in [0.25, 0.3) is 0 Å². The minimum Gasteiger partial charge on any atom is -0.466 e. The number of carbonyl (C=O) groups excluding carboxylic acids is 3. The van der Waals surface area contributed by atoms with Gasteiger partial charge in [0.1, 0.15) is 6.42 Å². The molecule has 1 spiro atoms. The maximum Gasteiger partial charge on any atom is 0.315 e. The minimum atomic E-state index is -0.537. The fraction of sp³-hybridized carbons (Fsp3) is 0.450. The standard InChI is InChI=1S/C20H22N4O4/c1-2-28-18(26)11-17(25)24-13-20(22-14-24)7-9-23(10-8-20)19(27)16-5-3-15(12-21)4-6-16/h3-6,14H,2,7-11,13H2,1H3. The molecule has 1 fully saturated rings. The number of hydrogen-bond acceptors (Lipinski definition) is 6. The maximum absolute atomic E-state index is 12.6. The summed E-state index contributed by atoms with van der Waals surface area (Å²) in [4.78, 5) is 44.1. The average Bonchev–Trinajstić information content (AvgIpc) is 3.12. The number of ether oxygens (including phenoxy) is 1. The molecule has 0 bridgehead atoms. The van der Waals surface area contributed by atoms with Gasteiger partial charge in [-0.1, -0.05) is 0 Å². The van der Waals surface area contributed by atoms with E-state index in [4.69, 9.17) is 10.00 Å². The summed E-state index contributed by atoms with van der Waals surface area (Å²) in [7, 11) is 0. The van der Waals surface area contributed by atoms with Crippen LogP contribution in [0.15, 0.2) is 29.3 Å². The van der Waals surface area contributed by atoms with Gasteiger partial charge in [-0.15, -0.1) is 0 Å². The molecule has 0 N–H and O–H groups in total. The van der Waals surface area contributed by atoms with Crippen molar-refractivity contribution in [3.05, 3.63) is 35.4 Å². The fourth-order valence-corrected chi connectivity index (χ4v) is 3.46. The normalized spacial score (nSPS) is 17.4. The molecular formula is C20H22N4O4. The number of nitriles is 1. The van der Waals surface area contributed by atoms with E-state index in [0.717, 1.165) is 0 Å². The molecule has 0 aromatic heterocycles. The van der Waals surface area contributed by atoms with Gasteiger partial charge in [0.2, 0.25) is 5.91 Å². The number of rotatable bonds is 4. The van der Waals surface area contributed by atoms with Gasteiger partial charge < -0.3 is 14.5 Å². The van der Waals surface area contributed by atoms with E-state index < -0.39 is 11.5 Å². The molecule has 146 valence electrons. The Morgan fingerprint density at radius 3 is 2.50 bits per heavy atom. The van der Waals surface area contributed by atoms with Crippen LogP contribution in [0.2, 0.25) is 0 Å². The van der Waals surface area contributed by atoms with E-state index in [1.54, 1.807) is 36.1 Å². The summed E-state index contributed by atoms with van der Waals surface area (Å²) in [6.45, 7) is 3.44. The second-order valence-electron chi connectivity index (χ2n) is 6.95. The maximum atomic E-state index is 12.6. The molecule has 2 aliphatic rings. The van der Waals surface area contributed by atoms with Crippen LogP contribution in [0.5, 0.6) is 0 Å². The Morgan fingerprint density at radius 2 is 1.89 bits per heavy atom. The third kappa shape index (κ3) is 4.19. The first-order chi connectivity index (χ1) is 13.5. The number of benzene rings is 1. The van der Waals surface area contributed by atoms with Crippen molar-refractivity contribution in [3.63, 3.8) is 0 Å². The molecule has 0 saturated carbocycles. The molecule has 1 aromatic carbocycles. The zero-order valence-electron chi connectivity index (χ0n) is 15.8. The van der Waals surface area contributed by atoms with Gasteiger partial charge >= 0.3 is 5.97 Å². The van der Waals surface area contributed by atoms with Crippen molar-refractivity contribution in [2.75, 3.05) is 26.2 Å². The predicted molar refractivity (Wildman–Crippen MR) is 100 cm³/mol. The second kappa shape index (κ2) is 8.21. The molecular weight excluding hydrogens is 360 g/mol. The van der Waals surface area contributed by atoms with Crippen molar-refractivity contribution >= 4 is 24.1 Å². The van der Waals surface area contributed by atoms with Crippen LogP contribution < -0.4 is 0 Å². The highest BCUT2D eigenvalue weighted by atomic mass is 16.5. The predicted octanol–water partition coefficient (Wildman–Crippen LogP) is 1.36. The summed E-state index contributed by atoms with van der Waals surface area (Å²) >= 11 is 0. The number of likely N-dealkylation sites (tertiary alicyclic amines) is 1. The molecule has 8 heteroatoms. The Kier molecular flexibility index (Phi) is 5.73. The molecule has 0 aliphatic carbocycles. The summed E-state index contributed by atoms with van der Waals surface area (Å²) in [6, 6.07) is 8.62. The van der Waals surface area contributed by atoms with Gasteiger partial charge in [0, 0.05) is 18.7 Å². The summed E-state index contributed by atoms with van der Waals surface area (Å²) < 4.78 is 4.81. The lowest BCUT2D eigenvalue weighted by atomic mass is 9.88. The fourth-order valence-electron chi connectivity index (χ4n) is 3.46. The second-order valence-corrected chi connectivity index (χ2v) is 6.95. The van der Waals surface area contributed by atoms with Gasteiger partial charge in [0.05, 0.1) is 36.7 Å². The highest BCUT2D eigenvalue weighted by Crippen LogP contribution is 2.31. The SMILES string of the molecule is CCOC(=O)CC(=O)N1C=NC2(CCN(C(=O)c3ccc(C#N)cc3)CC2)C1. The van der Waals surface area contributed by atoms with Crippen LogP contribution in [0.4, 0.5) is 0 Å². The summed E-state index contributed by atoms with van der Waals surface area (Å²) in [5.74, 6) is -0.934. The third-order valence-corrected chi connectivity index (χ3v) is 5.10. The lowest BCUT2D eigenvalue weighted by Crippen LogP contribution is -2.48. The molecule has 2 amide bonds. The number of piperidine rings is 1. The van der Waals surface area contributed by atoms with Crippen LogP contribution in [-0.2, 0) is 14.3 Å². The van der Waals surface area contributed by atoms with Crippen LogP contribution in [-0.4, -0.2) is 65.7 Å². The van der Waals surface area contributed by atoms with Gasteiger partial charge in [0.25, 0.3) is 5.91 Å². The first kappa shape index (κ1) is 19.5. The van der Waals surface area contributed by atoms with Gasteiger partial charge in [-0.3, -0.25) is 19.4 Å². The number of aliphatic imine (C=N–C) groups is 1. The van der Waals surface area contributed by atoms with Crippen LogP contribution in [0.1, 0.15) is 42.1 Å². The molecule has 28 heavy (non-hydrogen) atoms. The first-order valence-electron chi connectivity index (χ1n) is 9.26. The first-order valence-corrected chi connectivity index (χ1v) is 9.26. The Balaban J connectivity index is 1.54. The lowest BCUT2D eigenvalue weighted by Gasteiger charge is -2.37. The van der Waals surface area contributed by atoms with Crippen molar-refractivity contribution in [3.8, 4) is 6.07 Å². The van der Waals surface area contributed by atoms with E-state index in [2.05, 4.69) is 4.99 Å². The number of nitrogens with zero attached hydrogens (tertiary/aromatic N) is 4. The molecule has 0 radical (unpaired) electrons. The summed E-state index contributed by atoms with van der Waals surface area (Å²) in [5, 5.41) is 8.86. The molecule has 0 unspecified atom stereocenters. The zero-order chi connectivity index (χ0) is 20.1. The Labute approximate surface area is 163 Å². The highest BCUT2D eigenvalue weighted by molar-refractivity contribution is 5.99. The summed E-state index contributed by atoms with van der Waals surface area (Å²) in [6.07, 6.45) is 2.50. The van der Waals surface area contributed by atoms with E-state index in [9.17, 15) is 14.4 Å². The van der Waals surface area contributed by atoms with Crippen molar-refractivity contribution < 1.29 is 19.1 Å². The smallest absolute Gasteiger partial charge is 0.315 e. The molecule has 8 nitrogen and oxygen atoms in total. The van der Waals surface area contributed by atoms with Gasteiger partial charge in [-0.2, -0.15) is 5.26 Å². The Bertz CT molecular complexity index is 833. The number of amides is 2. The zero-order valence-corrected chi connectivity index (χ0v) is 15.8. The minimum absolute atomic E-state index is 0.0726. The quantitative estimate of drug-likeness (QED) is 0.578. The third-order valence-electron chi connectivity index (χ3n) is 5.10. The van der Waals surface area contributed by atoms with E-state index >= 15 is 0 Å². The molecule has 2 aliphatic heterocycles. The lowest BCUT2D eigenvalue weighted by molar-refractivity contribution is -0.147. The summed E-state index contributed by atoms with van der Waals surface area (Å²) in [5.41, 5.74) is 0.671. The molecule has 1 aromatic rings. The average molecular weight is 382 g/mol. The monoisotopic (exact) mass is 382 g/mol. The number of carbonyl (C=O) groups is 3. The molecule has 1 saturated heterocycles. The van der Waals surface area contributed by atoms with Crippen LogP contribution in [0, 0.1) is 11.3 Å². The van der Waals surface area contributed by atoms with E-state index in [1.165, 1.54) is 11.2 Å². The molecule has 3 rings (SSSR count). The van der Waals surface area contributed by atoms with Crippen LogP contribution in [0.3, 0.4) is 0 Å². The molecule has 0 atom stereocenters. The largest absolute Gasteiger partial charge is 0.466 e. The number of esters is 1. The van der Waals surface area contributed by atoms with E-state index in [-0.39, 0.29) is 24.8 Å². The van der Waals surface area contributed by atoms with Crippen LogP contribution >= 0.6 is 0 Å². The Morgan fingerprint density at radius 1 is 1.21 bits per heavy atom.